The van der Waals surface area contributed by atoms with E-state index in [9.17, 15) is 5.11 Å². The van der Waals surface area contributed by atoms with E-state index in [4.69, 9.17) is 0 Å². The van der Waals surface area contributed by atoms with Gasteiger partial charge in [-0.2, -0.15) is 0 Å². The molecule has 0 radical (unpaired) electrons. The second-order valence-electron chi connectivity index (χ2n) is 4.08. The van der Waals surface area contributed by atoms with Crippen molar-refractivity contribution >= 4 is 0 Å². The molecule has 16 heavy (non-hydrogen) atoms. The molecule has 0 aliphatic heterocycles. The minimum atomic E-state index is 0.0749. The summed E-state index contributed by atoms with van der Waals surface area (Å²) < 4.78 is 2.07. The molecule has 0 saturated carbocycles. The molecule has 84 valence electrons. The van der Waals surface area contributed by atoms with Gasteiger partial charge in [0.15, 0.2) is 0 Å². The van der Waals surface area contributed by atoms with Crippen LogP contribution in [0.1, 0.15) is 22.5 Å². The summed E-state index contributed by atoms with van der Waals surface area (Å²) in [5, 5.41) is 9.22. The lowest BCUT2D eigenvalue weighted by molar-refractivity contribution is 0.281. The van der Waals surface area contributed by atoms with E-state index in [0.29, 0.717) is 0 Å². The van der Waals surface area contributed by atoms with Crippen molar-refractivity contribution in [3.63, 3.8) is 0 Å². The number of pyridine rings is 1. The third kappa shape index (κ3) is 1.74. The Morgan fingerprint density at radius 2 is 2.00 bits per heavy atom. The lowest BCUT2D eigenvalue weighted by Gasteiger charge is -2.09. The molecule has 2 aromatic rings. The SMILES string of the molecule is Cc1ccnc(-n2c(C)cc(CO)c2C)c1. The molecule has 0 aromatic carbocycles. The van der Waals surface area contributed by atoms with Gasteiger partial charge in [-0.1, -0.05) is 0 Å². The summed E-state index contributed by atoms with van der Waals surface area (Å²) in [6.45, 7) is 6.15. The highest BCUT2D eigenvalue weighted by molar-refractivity contribution is 5.37. The third-order valence-electron chi connectivity index (χ3n) is 2.84. The van der Waals surface area contributed by atoms with Crippen LogP contribution in [0.4, 0.5) is 0 Å². The van der Waals surface area contributed by atoms with Crippen molar-refractivity contribution in [1.29, 1.82) is 0 Å². The molecular formula is C13H16N2O. The second-order valence-corrected chi connectivity index (χ2v) is 4.08. The summed E-state index contributed by atoms with van der Waals surface area (Å²) in [6.07, 6.45) is 1.81. The van der Waals surface area contributed by atoms with E-state index in [1.54, 1.807) is 0 Å². The molecule has 0 aliphatic carbocycles. The molecule has 2 heterocycles. The fourth-order valence-electron chi connectivity index (χ4n) is 1.98. The van der Waals surface area contributed by atoms with Gasteiger partial charge in [0, 0.05) is 17.6 Å². The summed E-state index contributed by atoms with van der Waals surface area (Å²) in [6, 6.07) is 6.02. The summed E-state index contributed by atoms with van der Waals surface area (Å²) in [7, 11) is 0. The van der Waals surface area contributed by atoms with Crippen molar-refractivity contribution in [3.8, 4) is 5.82 Å². The van der Waals surface area contributed by atoms with E-state index in [0.717, 1.165) is 22.8 Å². The fraction of sp³-hybridized carbons (Fsp3) is 0.308. The molecule has 2 rings (SSSR count). The molecule has 0 fully saturated rings. The molecule has 0 saturated heterocycles. The molecule has 0 spiro atoms. The molecule has 0 amide bonds. The predicted octanol–water partition coefficient (Wildman–Crippen LogP) is 2.29. The van der Waals surface area contributed by atoms with Crippen LogP contribution in [0, 0.1) is 20.8 Å². The standard InChI is InChI=1S/C13H16N2O/c1-9-4-5-14-13(6-9)15-10(2)7-12(8-16)11(15)3/h4-7,16H,8H2,1-3H3. The van der Waals surface area contributed by atoms with Crippen LogP contribution in [-0.4, -0.2) is 14.7 Å². The number of aliphatic hydroxyl groups excluding tert-OH is 1. The monoisotopic (exact) mass is 216 g/mol. The molecule has 3 nitrogen and oxygen atoms in total. The Bertz CT molecular complexity index is 515. The lowest BCUT2D eigenvalue weighted by atomic mass is 10.2. The average molecular weight is 216 g/mol. The Morgan fingerprint density at radius 3 is 2.56 bits per heavy atom. The van der Waals surface area contributed by atoms with Gasteiger partial charge < -0.3 is 9.67 Å². The summed E-state index contributed by atoms with van der Waals surface area (Å²) in [4.78, 5) is 4.36. The molecule has 2 aromatic heterocycles. The zero-order valence-electron chi connectivity index (χ0n) is 9.86. The van der Waals surface area contributed by atoms with Crippen molar-refractivity contribution in [2.75, 3.05) is 0 Å². The third-order valence-corrected chi connectivity index (χ3v) is 2.84. The van der Waals surface area contributed by atoms with Gasteiger partial charge in [-0.15, -0.1) is 0 Å². The van der Waals surface area contributed by atoms with Crippen LogP contribution in [0.5, 0.6) is 0 Å². The van der Waals surface area contributed by atoms with Crippen molar-refractivity contribution in [1.82, 2.24) is 9.55 Å². The minimum Gasteiger partial charge on any atom is -0.392 e. The Labute approximate surface area is 95.4 Å². The second kappa shape index (κ2) is 4.10. The largest absolute Gasteiger partial charge is 0.392 e. The topological polar surface area (TPSA) is 38.0 Å². The summed E-state index contributed by atoms with van der Waals surface area (Å²) in [5.74, 6) is 0.912. The van der Waals surface area contributed by atoms with E-state index in [1.165, 1.54) is 5.56 Å². The highest BCUT2D eigenvalue weighted by Gasteiger charge is 2.10. The van der Waals surface area contributed by atoms with Crippen molar-refractivity contribution < 1.29 is 5.11 Å². The van der Waals surface area contributed by atoms with Gasteiger partial charge in [0.1, 0.15) is 5.82 Å². The van der Waals surface area contributed by atoms with Crippen LogP contribution in [-0.2, 0) is 6.61 Å². The van der Waals surface area contributed by atoms with Crippen LogP contribution in [0.25, 0.3) is 5.82 Å². The fourth-order valence-corrected chi connectivity index (χ4v) is 1.98. The zero-order valence-corrected chi connectivity index (χ0v) is 9.86. The van der Waals surface area contributed by atoms with E-state index < -0.39 is 0 Å². The zero-order chi connectivity index (χ0) is 11.7. The molecule has 0 unspecified atom stereocenters. The Balaban J connectivity index is 2.60. The van der Waals surface area contributed by atoms with Crippen LogP contribution in [0.15, 0.2) is 24.4 Å². The van der Waals surface area contributed by atoms with E-state index in [-0.39, 0.29) is 6.61 Å². The first-order valence-electron chi connectivity index (χ1n) is 5.35. The minimum absolute atomic E-state index is 0.0749. The predicted molar refractivity (Wildman–Crippen MR) is 63.7 cm³/mol. The average Bonchev–Trinajstić information content (AvgIpc) is 2.53. The van der Waals surface area contributed by atoms with Crippen molar-refractivity contribution in [2.45, 2.75) is 27.4 Å². The number of nitrogens with zero attached hydrogens (tertiary/aromatic N) is 2. The Morgan fingerprint density at radius 1 is 1.25 bits per heavy atom. The maximum atomic E-state index is 9.22. The highest BCUT2D eigenvalue weighted by atomic mass is 16.3. The molecule has 3 heteroatoms. The quantitative estimate of drug-likeness (QED) is 0.836. The maximum Gasteiger partial charge on any atom is 0.137 e. The van der Waals surface area contributed by atoms with Crippen LogP contribution in [0.2, 0.25) is 0 Å². The first-order chi connectivity index (χ1) is 7.63. The Kier molecular flexibility index (Phi) is 2.79. The summed E-state index contributed by atoms with van der Waals surface area (Å²) in [5.41, 5.74) is 4.29. The molecular weight excluding hydrogens is 200 g/mol. The van der Waals surface area contributed by atoms with Crippen LogP contribution < -0.4 is 0 Å². The number of hydrogen-bond acceptors (Lipinski definition) is 2. The number of hydrogen-bond donors (Lipinski definition) is 1. The normalized spacial score (nSPS) is 10.8. The van der Waals surface area contributed by atoms with Crippen LogP contribution in [0.3, 0.4) is 0 Å². The molecule has 0 bridgehead atoms. The van der Waals surface area contributed by atoms with Gasteiger partial charge in [0.05, 0.1) is 6.61 Å². The molecule has 0 atom stereocenters. The van der Waals surface area contributed by atoms with Crippen molar-refractivity contribution in [3.05, 3.63) is 46.9 Å². The smallest absolute Gasteiger partial charge is 0.137 e. The first-order valence-corrected chi connectivity index (χ1v) is 5.35. The van der Waals surface area contributed by atoms with Gasteiger partial charge >= 0.3 is 0 Å². The number of aryl methyl sites for hydroxylation is 2. The van der Waals surface area contributed by atoms with Gasteiger partial charge in [-0.05, 0) is 50.1 Å². The van der Waals surface area contributed by atoms with E-state index >= 15 is 0 Å². The Hall–Kier alpha value is -1.61. The highest BCUT2D eigenvalue weighted by Crippen LogP contribution is 2.19. The maximum absolute atomic E-state index is 9.22. The first kappa shape index (κ1) is 10.9. The number of rotatable bonds is 2. The summed E-state index contributed by atoms with van der Waals surface area (Å²) >= 11 is 0. The number of aromatic nitrogens is 2. The van der Waals surface area contributed by atoms with Crippen LogP contribution >= 0.6 is 0 Å². The van der Waals surface area contributed by atoms with Gasteiger partial charge in [0.2, 0.25) is 0 Å². The lowest BCUT2D eigenvalue weighted by Crippen LogP contribution is -2.02. The van der Waals surface area contributed by atoms with Crippen molar-refractivity contribution in [2.24, 2.45) is 0 Å². The van der Waals surface area contributed by atoms with Gasteiger partial charge in [0.25, 0.3) is 0 Å². The van der Waals surface area contributed by atoms with E-state index in [2.05, 4.69) is 9.55 Å². The van der Waals surface area contributed by atoms with Gasteiger partial charge in [-0.25, -0.2) is 4.98 Å². The molecule has 0 aliphatic rings. The molecule has 1 N–H and O–H groups in total. The number of aliphatic hydroxyl groups is 1. The van der Waals surface area contributed by atoms with E-state index in [1.807, 2.05) is 45.2 Å². The van der Waals surface area contributed by atoms with Gasteiger partial charge in [-0.3, -0.25) is 0 Å².